The highest BCUT2D eigenvalue weighted by Gasteiger charge is 2.17. The van der Waals surface area contributed by atoms with Crippen LogP contribution in [0.25, 0.3) is 0 Å². The molecule has 1 aromatic rings. The molecule has 0 bridgehead atoms. The molecule has 0 saturated carbocycles. The number of hydrogen-bond acceptors (Lipinski definition) is 4. The molecule has 3 N–H and O–H groups in total. The zero-order valence-corrected chi connectivity index (χ0v) is 13.6. The van der Waals surface area contributed by atoms with Crippen LogP contribution in [0.2, 0.25) is 0 Å². The van der Waals surface area contributed by atoms with Gasteiger partial charge < -0.3 is 16.0 Å². The van der Waals surface area contributed by atoms with Gasteiger partial charge in [-0.05, 0) is 31.8 Å². The van der Waals surface area contributed by atoms with Gasteiger partial charge in [-0.25, -0.2) is 0 Å². The van der Waals surface area contributed by atoms with Crippen LogP contribution in [0.4, 0.5) is 0 Å². The van der Waals surface area contributed by atoms with Crippen molar-refractivity contribution in [2.75, 3.05) is 13.1 Å². The van der Waals surface area contributed by atoms with Crippen LogP contribution in [0.5, 0.6) is 0 Å². The van der Waals surface area contributed by atoms with Crippen LogP contribution in [0.1, 0.15) is 30.4 Å². The van der Waals surface area contributed by atoms with Crippen molar-refractivity contribution in [3.05, 3.63) is 22.4 Å². The van der Waals surface area contributed by atoms with E-state index < -0.39 is 6.04 Å². The van der Waals surface area contributed by atoms with Crippen LogP contribution < -0.4 is 16.0 Å². The van der Waals surface area contributed by atoms with Crippen LogP contribution in [0, 0.1) is 0 Å². The van der Waals surface area contributed by atoms with Gasteiger partial charge in [-0.2, -0.15) is 0 Å². The first-order valence-electron chi connectivity index (χ1n) is 6.40. The fourth-order valence-electron chi connectivity index (χ4n) is 1.57. The molecule has 0 fully saturated rings. The van der Waals surface area contributed by atoms with Crippen LogP contribution in [0.3, 0.4) is 0 Å². The molecule has 0 aromatic carbocycles. The van der Waals surface area contributed by atoms with Gasteiger partial charge in [0.05, 0.1) is 4.88 Å². The Morgan fingerprint density at radius 2 is 2.05 bits per heavy atom. The van der Waals surface area contributed by atoms with Gasteiger partial charge >= 0.3 is 0 Å². The minimum Gasteiger partial charge on any atom is -0.353 e. The number of hydrogen-bond donors (Lipinski definition) is 3. The zero-order valence-electron chi connectivity index (χ0n) is 11.9. The molecule has 0 aliphatic rings. The topological polar surface area (TPSA) is 70.2 Å². The lowest BCUT2D eigenvalue weighted by molar-refractivity contribution is -0.122. The summed E-state index contributed by atoms with van der Waals surface area (Å²) < 4.78 is 0. The number of carbonyl (C=O) groups is 2. The molecule has 0 aliphatic carbocycles. The summed E-state index contributed by atoms with van der Waals surface area (Å²) in [6.07, 6.45) is 0. The summed E-state index contributed by atoms with van der Waals surface area (Å²) in [7, 11) is 0. The molecular weight excluding hydrogens is 298 g/mol. The van der Waals surface area contributed by atoms with Crippen LogP contribution >= 0.6 is 23.7 Å². The Bertz CT molecular complexity index is 412. The molecule has 2 amide bonds. The Morgan fingerprint density at radius 1 is 1.35 bits per heavy atom. The number of halogens is 1. The van der Waals surface area contributed by atoms with E-state index in [1.54, 1.807) is 13.0 Å². The number of likely N-dealkylation sites (N-methyl/N-ethyl adjacent to an activating group) is 1. The second-order valence-corrected chi connectivity index (χ2v) is 5.32. The molecule has 2 atom stereocenters. The molecule has 0 aliphatic heterocycles. The van der Waals surface area contributed by atoms with Gasteiger partial charge in [0, 0.05) is 12.6 Å². The van der Waals surface area contributed by atoms with Gasteiger partial charge in [0.25, 0.3) is 5.91 Å². The lowest BCUT2D eigenvalue weighted by Crippen LogP contribution is -2.48. The summed E-state index contributed by atoms with van der Waals surface area (Å²) >= 11 is 1.36. The van der Waals surface area contributed by atoms with Crippen molar-refractivity contribution in [2.24, 2.45) is 0 Å². The summed E-state index contributed by atoms with van der Waals surface area (Å²) in [4.78, 5) is 24.2. The smallest absolute Gasteiger partial charge is 0.261 e. The highest BCUT2D eigenvalue weighted by atomic mass is 35.5. The maximum absolute atomic E-state index is 11.8. The number of carbonyl (C=O) groups excluding carboxylic acids is 2. The first-order valence-corrected chi connectivity index (χ1v) is 7.28. The average Bonchev–Trinajstić information content (AvgIpc) is 2.90. The lowest BCUT2D eigenvalue weighted by atomic mass is 10.2. The van der Waals surface area contributed by atoms with Gasteiger partial charge in [-0.3, -0.25) is 9.59 Å². The second kappa shape index (κ2) is 9.74. The van der Waals surface area contributed by atoms with Gasteiger partial charge in [0.2, 0.25) is 5.91 Å². The molecule has 1 rings (SSSR count). The monoisotopic (exact) mass is 319 g/mol. The molecular formula is C13H22ClN3O2S. The van der Waals surface area contributed by atoms with Crippen molar-refractivity contribution in [3.63, 3.8) is 0 Å². The average molecular weight is 320 g/mol. The minimum atomic E-state index is -0.538. The number of amides is 2. The van der Waals surface area contributed by atoms with Crippen LogP contribution in [-0.2, 0) is 4.79 Å². The molecule has 7 heteroatoms. The van der Waals surface area contributed by atoms with E-state index in [1.807, 2.05) is 25.3 Å². The van der Waals surface area contributed by atoms with E-state index in [0.717, 1.165) is 6.54 Å². The van der Waals surface area contributed by atoms with Crippen LogP contribution in [-0.4, -0.2) is 37.0 Å². The fraction of sp³-hybridized carbons (Fsp3) is 0.538. The predicted molar refractivity (Wildman–Crippen MR) is 84.6 cm³/mol. The van der Waals surface area contributed by atoms with Crippen molar-refractivity contribution in [2.45, 2.75) is 32.9 Å². The van der Waals surface area contributed by atoms with E-state index in [0.29, 0.717) is 11.4 Å². The third-order valence-corrected chi connectivity index (χ3v) is 3.49. The predicted octanol–water partition coefficient (Wildman–Crippen LogP) is 1.40. The van der Waals surface area contributed by atoms with Crippen molar-refractivity contribution in [1.82, 2.24) is 16.0 Å². The normalized spacial score (nSPS) is 12.9. The van der Waals surface area contributed by atoms with Crippen molar-refractivity contribution in [1.29, 1.82) is 0 Å². The summed E-state index contributed by atoms with van der Waals surface area (Å²) in [5.41, 5.74) is 0. The lowest BCUT2D eigenvalue weighted by Gasteiger charge is -2.17. The van der Waals surface area contributed by atoms with E-state index in [1.165, 1.54) is 11.3 Å². The molecule has 20 heavy (non-hydrogen) atoms. The second-order valence-electron chi connectivity index (χ2n) is 4.38. The summed E-state index contributed by atoms with van der Waals surface area (Å²) in [5, 5.41) is 10.5. The summed E-state index contributed by atoms with van der Waals surface area (Å²) in [6, 6.07) is 3.22. The van der Waals surface area contributed by atoms with Crippen LogP contribution in [0.15, 0.2) is 17.5 Å². The van der Waals surface area contributed by atoms with E-state index in [2.05, 4.69) is 16.0 Å². The minimum absolute atomic E-state index is 0. The number of rotatable bonds is 7. The first kappa shape index (κ1) is 18.9. The zero-order chi connectivity index (χ0) is 14.3. The fourth-order valence-corrected chi connectivity index (χ4v) is 2.20. The van der Waals surface area contributed by atoms with Gasteiger partial charge in [-0.1, -0.05) is 13.0 Å². The number of thiophene rings is 1. The first-order chi connectivity index (χ1) is 9.04. The summed E-state index contributed by atoms with van der Waals surface area (Å²) in [6.45, 7) is 7.10. The molecule has 1 heterocycles. The highest BCUT2D eigenvalue weighted by molar-refractivity contribution is 7.12. The SMILES string of the molecule is CCN[C@H](C)CNC(=O)C(C)NC(=O)c1cccs1.Cl. The summed E-state index contributed by atoms with van der Waals surface area (Å²) in [5.74, 6) is -0.382. The Morgan fingerprint density at radius 3 is 2.60 bits per heavy atom. The third kappa shape index (κ3) is 6.36. The van der Waals surface area contributed by atoms with Gasteiger partial charge in [-0.15, -0.1) is 23.7 Å². The molecule has 5 nitrogen and oxygen atoms in total. The third-order valence-electron chi connectivity index (χ3n) is 2.62. The number of nitrogens with one attached hydrogen (secondary N) is 3. The Balaban J connectivity index is 0.00000361. The highest BCUT2D eigenvalue weighted by Crippen LogP contribution is 2.07. The van der Waals surface area contributed by atoms with Gasteiger partial charge in [0.1, 0.15) is 6.04 Å². The maximum atomic E-state index is 11.8. The van der Waals surface area contributed by atoms with Crippen molar-refractivity contribution >= 4 is 35.6 Å². The molecule has 1 unspecified atom stereocenters. The maximum Gasteiger partial charge on any atom is 0.261 e. The van der Waals surface area contributed by atoms with Gasteiger partial charge in [0.15, 0.2) is 0 Å². The standard InChI is InChI=1S/C13H21N3O2S.ClH/c1-4-14-9(2)8-15-12(17)10(3)16-13(18)11-6-5-7-19-11;/h5-7,9-10,14H,4,8H2,1-3H3,(H,15,17)(H,16,18);1H/t9-,10?;/m1./s1. The largest absolute Gasteiger partial charge is 0.353 e. The molecule has 114 valence electrons. The Kier molecular flexibility index (Phi) is 9.20. The van der Waals surface area contributed by atoms with Crippen molar-refractivity contribution in [3.8, 4) is 0 Å². The Hall–Kier alpha value is -1.11. The molecule has 0 radical (unpaired) electrons. The Labute approximate surface area is 129 Å². The molecule has 0 spiro atoms. The molecule has 1 aromatic heterocycles. The quantitative estimate of drug-likeness (QED) is 0.711. The van der Waals surface area contributed by atoms with Crippen molar-refractivity contribution < 1.29 is 9.59 Å². The van der Waals surface area contributed by atoms with E-state index in [9.17, 15) is 9.59 Å². The van der Waals surface area contributed by atoms with E-state index in [-0.39, 0.29) is 30.3 Å². The van der Waals surface area contributed by atoms with E-state index in [4.69, 9.17) is 0 Å². The van der Waals surface area contributed by atoms with E-state index >= 15 is 0 Å². The molecule has 0 saturated heterocycles.